The van der Waals surface area contributed by atoms with Crippen LogP contribution in [-0.4, -0.2) is 27.1 Å². The molecule has 6 nitrogen and oxygen atoms in total. The third-order valence-corrected chi connectivity index (χ3v) is 5.99. The number of hydrogen-bond donors (Lipinski definition) is 1. The lowest BCUT2D eigenvalue weighted by Gasteiger charge is -2.33. The molecule has 0 bridgehead atoms. The average molecular weight is 370 g/mol. The van der Waals surface area contributed by atoms with E-state index in [2.05, 4.69) is 4.72 Å². The first kappa shape index (κ1) is 16.8. The van der Waals surface area contributed by atoms with Gasteiger partial charge in [0.2, 0.25) is 10.0 Å². The van der Waals surface area contributed by atoms with Gasteiger partial charge in [-0.3, -0.25) is 0 Å². The molecule has 26 heavy (non-hydrogen) atoms. The Balaban J connectivity index is 1.56. The summed E-state index contributed by atoms with van der Waals surface area (Å²) in [4.78, 5) is 14.2. The van der Waals surface area contributed by atoms with E-state index in [4.69, 9.17) is 4.74 Å². The highest BCUT2D eigenvalue weighted by atomic mass is 32.2. The summed E-state index contributed by atoms with van der Waals surface area (Å²) < 4.78 is 32.9. The van der Waals surface area contributed by atoms with Gasteiger partial charge in [0, 0.05) is 18.7 Å². The molecule has 0 saturated carbocycles. The first-order valence-electron chi connectivity index (χ1n) is 8.41. The van der Waals surface area contributed by atoms with E-state index in [1.54, 1.807) is 18.2 Å². The fraction of sp³-hybridized carbons (Fsp3) is 0.211. The second kappa shape index (κ2) is 6.59. The van der Waals surface area contributed by atoms with Crippen LogP contribution in [0.15, 0.2) is 59.5 Å². The molecule has 4 rings (SSSR count). The number of hydrogen-bond acceptors (Lipinski definition) is 5. The van der Waals surface area contributed by atoms with Crippen molar-refractivity contribution in [3.05, 3.63) is 60.2 Å². The molecule has 2 aliphatic heterocycles. The first-order chi connectivity index (χ1) is 12.5. The monoisotopic (exact) mass is 370 g/mol. The van der Waals surface area contributed by atoms with Crippen molar-refractivity contribution >= 4 is 27.8 Å². The van der Waals surface area contributed by atoms with Crippen molar-refractivity contribution in [2.24, 2.45) is 0 Å². The molecule has 0 amide bonds. The molecule has 134 valence electrons. The highest BCUT2D eigenvalue weighted by Crippen LogP contribution is 2.37. The maximum Gasteiger partial charge on any atom is 0.336 e. The van der Waals surface area contributed by atoms with Crippen LogP contribution in [-0.2, 0) is 14.8 Å². The number of benzene rings is 2. The molecule has 0 radical (unpaired) electrons. The summed E-state index contributed by atoms with van der Waals surface area (Å²) >= 11 is 0. The van der Waals surface area contributed by atoms with E-state index >= 15 is 0 Å². The molecule has 1 fully saturated rings. The van der Waals surface area contributed by atoms with Gasteiger partial charge in [0.1, 0.15) is 10.6 Å². The smallest absolute Gasteiger partial charge is 0.336 e. The van der Waals surface area contributed by atoms with E-state index in [0.717, 1.165) is 24.9 Å². The normalized spacial score (nSPS) is 20.6. The number of nitrogens with one attached hydrogen (secondary N) is 1. The van der Waals surface area contributed by atoms with E-state index in [1.165, 1.54) is 12.1 Å². The molecule has 2 aromatic carbocycles. The van der Waals surface area contributed by atoms with Crippen molar-refractivity contribution in [1.29, 1.82) is 0 Å². The van der Waals surface area contributed by atoms with Crippen molar-refractivity contribution in [2.75, 3.05) is 11.4 Å². The van der Waals surface area contributed by atoms with Crippen LogP contribution in [0.5, 0.6) is 5.75 Å². The lowest BCUT2D eigenvalue weighted by molar-refractivity contribution is -0.128. The number of carbonyl (C=O) groups is 1. The third-order valence-electron chi connectivity index (χ3n) is 4.50. The molecule has 2 heterocycles. The van der Waals surface area contributed by atoms with Crippen LogP contribution in [0.3, 0.4) is 0 Å². The van der Waals surface area contributed by atoms with Gasteiger partial charge >= 0.3 is 5.97 Å². The van der Waals surface area contributed by atoms with Gasteiger partial charge in [0.05, 0.1) is 11.9 Å². The van der Waals surface area contributed by atoms with Crippen molar-refractivity contribution in [2.45, 2.75) is 23.9 Å². The quantitative estimate of drug-likeness (QED) is 0.510. The number of fused-ring (bicyclic) bond motifs is 3. The van der Waals surface area contributed by atoms with Gasteiger partial charge in [0.15, 0.2) is 0 Å². The summed E-state index contributed by atoms with van der Waals surface area (Å²) in [5, 5.41) is 0. The minimum Gasteiger partial charge on any atom is -0.423 e. The number of rotatable bonds is 3. The summed E-state index contributed by atoms with van der Waals surface area (Å²) in [6.45, 7) is 0.805. The Morgan fingerprint density at radius 1 is 1.19 bits per heavy atom. The predicted molar refractivity (Wildman–Crippen MR) is 98.2 cm³/mol. The summed E-state index contributed by atoms with van der Waals surface area (Å²) in [6.07, 6.45) is 4.51. The zero-order valence-corrected chi connectivity index (χ0v) is 14.8. The molecule has 0 spiro atoms. The predicted octanol–water partition coefficient (Wildman–Crippen LogP) is 2.52. The SMILES string of the molecule is O=C(C=Cc1ccccc1)Oc1ccc2c(c1)S(=O)(=O)NC1CCCN21. The summed E-state index contributed by atoms with van der Waals surface area (Å²) in [5.41, 5.74) is 1.53. The topological polar surface area (TPSA) is 75.7 Å². The zero-order chi connectivity index (χ0) is 18.1. The minimum absolute atomic E-state index is 0.146. The number of anilines is 1. The highest BCUT2D eigenvalue weighted by molar-refractivity contribution is 7.89. The Hall–Kier alpha value is -2.64. The van der Waals surface area contributed by atoms with Crippen LogP contribution in [0.2, 0.25) is 0 Å². The minimum atomic E-state index is -3.61. The summed E-state index contributed by atoms with van der Waals surface area (Å²) in [5.74, 6) is -0.358. The van der Waals surface area contributed by atoms with Crippen LogP contribution in [0.4, 0.5) is 5.69 Å². The highest BCUT2D eigenvalue weighted by Gasteiger charge is 2.37. The molecule has 2 aliphatic rings. The number of esters is 1. The van der Waals surface area contributed by atoms with Gasteiger partial charge in [-0.1, -0.05) is 30.3 Å². The molecule has 0 aromatic heterocycles. The molecular formula is C19H18N2O4S. The lowest BCUT2D eigenvalue weighted by Crippen LogP contribution is -2.48. The Labute approximate surface area is 152 Å². The van der Waals surface area contributed by atoms with E-state index in [-0.39, 0.29) is 16.8 Å². The van der Waals surface area contributed by atoms with E-state index in [0.29, 0.717) is 5.69 Å². The van der Waals surface area contributed by atoms with Crippen LogP contribution in [0.25, 0.3) is 6.08 Å². The van der Waals surface area contributed by atoms with Gasteiger partial charge in [-0.2, -0.15) is 4.72 Å². The maximum absolute atomic E-state index is 12.5. The van der Waals surface area contributed by atoms with E-state index in [9.17, 15) is 13.2 Å². The standard InChI is InChI=1S/C19H18N2O4S/c22-19(11-8-14-5-2-1-3-6-14)25-15-9-10-16-17(13-15)26(23,24)20-18-7-4-12-21(16)18/h1-3,5-6,8-11,13,18,20H,4,7,12H2. The third kappa shape index (κ3) is 3.23. The van der Waals surface area contributed by atoms with Gasteiger partial charge in [-0.05, 0) is 36.6 Å². The molecule has 0 aliphatic carbocycles. The van der Waals surface area contributed by atoms with Crippen molar-refractivity contribution in [3.8, 4) is 5.75 Å². The summed E-state index contributed by atoms with van der Waals surface area (Å²) in [7, 11) is -3.61. The van der Waals surface area contributed by atoms with Crippen molar-refractivity contribution in [3.63, 3.8) is 0 Å². The largest absolute Gasteiger partial charge is 0.423 e. The number of nitrogens with zero attached hydrogens (tertiary/aromatic N) is 1. The number of carbonyl (C=O) groups excluding carboxylic acids is 1. The van der Waals surface area contributed by atoms with Crippen molar-refractivity contribution in [1.82, 2.24) is 4.72 Å². The molecule has 1 unspecified atom stereocenters. The summed E-state index contributed by atoms with van der Waals surface area (Å²) in [6, 6.07) is 14.1. The maximum atomic E-state index is 12.5. The fourth-order valence-corrected chi connectivity index (χ4v) is 4.77. The van der Waals surface area contributed by atoms with Crippen LogP contribution in [0.1, 0.15) is 18.4 Å². The molecule has 1 saturated heterocycles. The second-order valence-corrected chi connectivity index (χ2v) is 7.95. The van der Waals surface area contributed by atoms with Gasteiger partial charge < -0.3 is 9.64 Å². The number of sulfonamides is 1. The molecule has 1 N–H and O–H groups in total. The molecule has 7 heteroatoms. The van der Waals surface area contributed by atoms with Crippen LogP contribution < -0.4 is 14.4 Å². The Morgan fingerprint density at radius 2 is 2.00 bits per heavy atom. The van der Waals surface area contributed by atoms with Gasteiger partial charge in [-0.15, -0.1) is 0 Å². The molecule has 2 aromatic rings. The van der Waals surface area contributed by atoms with Crippen LogP contribution in [0, 0.1) is 0 Å². The lowest BCUT2D eigenvalue weighted by atomic mass is 10.2. The first-order valence-corrected chi connectivity index (χ1v) is 9.89. The van der Waals surface area contributed by atoms with Gasteiger partial charge in [-0.25, -0.2) is 13.2 Å². The Bertz CT molecular complexity index is 970. The van der Waals surface area contributed by atoms with Gasteiger partial charge in [0.25, 0.3) is 0 Å². The van der Waals surface area contributed by atoms with Crippen molar-refractivity contribution < 1.29 is 17.9 Å². The molecule has 1 atom stereocenters. The van der Waals surface area contributed by atoms with Crippen LogP contribution >= 0.6 is 0 Å². The van der Waals surface area contributed by atoms with E-state index < -0.39 is 16.0 Å². The zero-order valence-electron chi connectivity index (χ0n) is 14.0. The Morgan fingerprint density at radius 3 is 2.81 bits per heavy atom. The average Bonchev–Trinajstić information content (AvgIpc) is 3.08. The number of ether oxygens (including phenoxy) is 1. The Kier molecular flexibility index (Phi) is 4.26. The second-order valence-electron chi connectivity index (χ2n) is 6.27. The molecular weight excluding hydrogens is 352 g/mol. The van der Waals surface area contributed by atoms with E-state index in [1.807, 2.05) is 35.2 Å². The fourth-order valence-electron chi connectivity index (χ4n) is 3.31.